The molecule has 5 nitrogen and oxygen atoms in total. The minimum atomic E-state index is 0.873. The van der Waals surface area contributed by atoms with E-state index in [1.807, 2.05) is 18.2 Å². The molecular formula is C13H9N5. The molecule has 5 heteroatoms. The molecule has 2 N–H and O–H groups in total. The molecule has 4 aromatic rings. The Hall–Kier alpha value is -2.69. The third-order valence-electron chi connectivity index (χ3n) is 3.01. The second-order valence-corrected chi connectivity index (χ2v) is 4.12. The lowest BCUT2D eigenvalue weighted by Crippen LogP contribution is -1.78. The fourth-order valence-electron chi connectivity index (χ4n) is 2.16. The van der Waals surface area contributed by atoms with Crippen molar-refractivity contribution in [1.29, 1.82) is 0 Å². The van der Waals surface area contributed by atoms with Crippen molar-refractivity contribution in [1.82, 2.24) is 25.1 Å². The van der Waals surface area contributed by atoms with E-state index < -0.39 is 0 Å². The van der Waals surface area contributed by atoms with Crippen LogP contribution in [0.25, 0.3) is 33.3 Å². The lowest BCUT2D eigenvalue weighted by molar-refractivity contribution is 1.11. The number of hydrogen-bond donors (Lipinski definition) is 2. The van der Waals surface area contributed by atoms with Gasteiger partial charge in [0.2, 0.25) is 0 Å². The first kappa shape index (κ1) is 9.35. The summed E-state index contributed by atoms with van der Waals surface area (Å²) >= 11 is 0. The van der Waals surface area contributed by atoms with Crippen molar-refractivity contribution >= 4 is 21.9 Å². The van der Waals surface area contributed by atoms with E-state index in [2.05, 4.69) is 31.2 Å². The molecule has 86 valence electrons. The number of nitrogens with one attached hydrogen (secondary N) is 2. The zero-order chi connectivity index (χ0) is 11.9. The van der Waals surface area contributed by atoms with E-state index in [4.69, 9.17) is 0 Å². The fourth-order valence-corrected chi connectivity index (χ4v) is 2.16. The van der Waals surface area contributed by atoms with E-state index in [0.717, 1.165) is 33.3 Å². The third-order valence-corrected chi connectivity index (χ3v) is 3.01. The van der Waals surface area contributed by atoms with Crippen LogP contribution in [0.4, 0.5) is 0 Å². The highest BCUT2D eigenvalue weighted by molar-refractivity contribution is 5.94. The number of rotatable bonds is 1. The van der Waals surface area contributed by atoms with Gasteiger partial charge in [-0.05, 0) is 24.3 Å². The maximum atomic E-state index is 4.34. The number of pyridine rings is 2. The van der Waals surface area contributed by atoms with E-state index >= 15 is 0 Å². The first-order valence-corrected chi connectivity index (χ1v) is 5.64. The summed E-state index contributed by atoms with van der Waals surface area (Å²) in [5.41, 5.74) is 3.66. The van der Waals surface area contributed by atoms with E-state index in [1.54, 1.807) is 18.6 Å². The van der Waals surface area contributed by atoms with Crippen molar-refractivity contribution in [2.45, 2.75) is 0 Å². The molecule has 0 spiro atoms. The molecule has 0 fully saturated rings. The Morgan fingerprint density at radius 1 is 1.11 bits per heavy atom. The third kappa shape index (κ3) is 1.24. The van der Waals surface area contributed by atoms with Gasteiger partial charge in [-0.3, -0.25) is 10.1 Å². The number of fused-ring (bicyclic) bond motifs is 2. The molecule has 0 aliphatic rings. The molecule has 0 unspecified atom stereocenters. The molecule has 0 saturated carbocycles. The van der Waals surface area contributed by atoms with E-state index in [-0.39, 0.29) is 0 Å². The summed E-state index contributed by atoms with van der Waals surface area (Å²) in [7, 11) is 0. The van der Waals surface area contributed by atoms with Gasteiger partial charge in [-0.25, -0.2) is 4.98 Å². The van der Waals surface area contributed by atoms with Gasteiger partial charge in [-0.1, -0.05) is 0 Å². The number of aromatic amines is 2. The van der Waals surface area contributed by atoms with Gasteiger partial charge in [0, 0.05) is 23.2 Å². The molecule has 0 aliphatic heterocycles. The Kier molecular flexibility index (Phi) is 1.77. The molecule has 4 aromatic heterocycles. The molecular weight excluding hydrogens is 226 g/mol. The molecule has 0 amide bonds. The molecule has 0 atom stereocenters. The van der Waals surface area contributed by atoms with Gasteiger partial charge < -0.3 is 4.98 Å². The predicted molar refractivity (Wildman–Crippen MR) is 69.0 cm³/mol. The number of nitrogens with zero attached hydrogens (tertiary/aromatic N) is 3. The molecule has 18 heavy (non-hydrogen) atoms. The van der Waals surface area contributed by atoms with Gasteiger partial charge in [0.1, 0.15) is 11.3 Å². The zero-order valence-electron chi connectivity index (χ0n) is 9.38. The van der Waals surface area contributed by atoms with Gasteiger partial charge in [0.25, 0.3) is 0 Å². The average Bonchev–Trinajstić information content (AvgIpc) is 3.02. The molecule has 0 bridgehead atoms. The summed E-state index contributed by atoms with van der Waals surface area (Å²) in [6, 6.07) is 7.96. The smallest absolute Gasteiger partial charge is 0.137 e. The molecule has 4 rings (SSSR count). The highest BCUT2D eigenvalue weighted by Gasteiger charge is 2.10. The van der Waals surface area contributed by atoms with Crippen LogP contribution >= 0.6 is 0 Å². The predicted octanol–water partition coefficient (Wildman–Crippen LogP) is 2.50. The highest BCUT2D eigenvalue weighted by Crippen LogP contribution is 2.27. The number of hydrogen-bond acceptors (Lipinski definition) is 3. The van der Waals surface area contributed by atoms with Crippen LogP contribution in [0.5, 0.6) is 0 Å². The van der Waals surface area contributed by atoms with Crippen molar-refractivity contribution in [2.24, 2.45) is 0 Å². The summed E-state index contributed by atoms with van der Waals surface area (Å²) in [5, 5.41) is 9.45. The maximum Gasteiger partial charge on any atom is 0.137 e. The van der Waals surface area contributed by atoms with Crippen molar-refractivity contribution < 1.29 is 0 Å². The van der Waals surface area contributed by atoms with Crippen molar-refractivity contribution in [2.75, 3.05) is 0 Å². The van der Waals surface area contributed by atoms with Gasteiger partial charge in [-0.2, -0.15) is 5.10 Å². The van der Waals surface area contributed by atoms with Crippen LogP contribution in [0.2, 0.25) is 0 Å². The largest absolute Gasteiger partial charge is 0.338 e. The lowest BCUT2D eigenvalue weighted by Gasteiger charge is -1.91. The normalized spacial score (nSPS) is 11.3. The Morgan fingerprint density at radius 2 is 2.11 bits per heavy atom. The minimum Gasteiger partial charge on any atom is -0.338 e. The van der Waals surface area contributed by atoms with Crippen molar-refractivity contribution in [3.05, 3.63) is 42.9 Å². The Balaban J connectivity index is 2.01. The topological polar surface area (TPSA) is 70.2 Å². The van der Waals surface area contributed by atoms with Crippen LogP contribution in [0, 0.1) is 0 Å². The second-order valence-electron chi connectivity index (χ2n) is 4.12. The van der Waals surface area contributed by atoms with E-state index in [1.165, 1.54) is 0 Å². The summed E-state index contributed by atoms with van der Waals surface area (Å²) in [6.45, 7) is 0. The van der Waals surface area contributed by atoms with Gasteiger partial charge in [-0.15, -0.1) is 0 Å². The van der Waals surface area contributed by atoms with Crippen LogP contribution in [0.3, 0.4) is 0 Å². The average molecular weight is 235 g/mol. The first-order valence-electron chi connectivity index (χ1n) is 5.64. The van der Waals surface area contributed by atoms with Crippen molar-refractivity contribution in [3.8, 4) is 11.4 Å². The standard InChI is InChI=1S/C13H9N5/c1-2-8-6-10(16-13(8)15-4-1)12-9-3-5-14-7-11(9)17-18-12/h1-7H,(H,15,16)(H,17,18). The van der Waals surface area contributed by atoms with E-state index in [0.29, 0.717) is 0 Å². The Bertz CT molecular complexity index is 809. The highest BCUT2D eigenvalue weighted by atomic mass is 15.1. The molecule has 0 saturated heterocycles. The fraction of sp³-hybridized carbons (Fsp3) is 0. The van der Waals surface area contributed by atoms with Crippen LogP contribution in [0.1, 0.15) is 0 Å². The summed E-state index contributed by atoms with van der Waals surface area (Å²) in [4.78, 5) is 11.6. The monoisotopic (exact) mass is 235 g/mol. The van der Waals surface area contributed by atoms with Crippen molar-refractivity contribution in [3.63, 3.8) is 0 Å². The summed E-state index contributed by atoms with van der Waals surface area (Å²) in [5.74, 6) is 0. The number of H-pyrrole nitrogens is 2. The lowest BCUT2D eigenvalue weighted by atomic mass is 10.2. The van der Waals surface area contributed by atoms with Crippen LogP contribution in [-0.2, 0) is 0 Å². The molecule has 0 radical (unpaired) electrons. The van der Waals surface area contributed by atoms with Gasteiger partial charge in [0.15, 0.2) is 0 Å². The molecule has 0 aliphatic carbocycles. The van der Waals surface area contributed by atoms with Crippen LogP contribution < -0.4 is 0 Å². The Morgan fingerprint density at radius 3 is 3.06 bits per heavy atom. The van der Waals surface area contributed by atoms with Gasteiger partial charge >= 0.3 is 0 Å². The molecule has 0 aromatic carbocycles. The number of aromatic nitrogens is 5. The Labute approximate surface area is 102 Å². The van der Waals surface area contributed by atoms with Crippen LogP contribution in [0.15, 0.2) is 42.9 Å². The second kappa shape index (κ2) is 3.40. The first-order chi connectivity index (χ1) is 8.92. The quantitative estimate of drug-likeness (QED) is 0.532. The SMILES string of the molecule is c1cnc2[nH]c(-c3n[nH]c4cnccc34)cc2c1. The molecule has 4 heterocycles. The van der Waals surface area contributed by atoms with E-state index in [9.17, 15) is 0 Å². The maximum absolute atomic E-state index is 4.34. The summed E-state index contributed by atoms with van der Waals surface area (Å²) < 4.78 is 0. The van der Waals surface area contributed by atoms with Crippen LogP contribution in [-0.4, -0.2) is 25.1 Å². The summed E-state index contributed by atoms with van der Waals surface area (Å²) in [6.07, 6.45) is 5.31. The zero-order valence-corrected chi connectivity index (χ0v) is 9.38. The minimum absolute atomic E-state index is 0.873. The van der Waals surface area contributed by atoms with Gasteiger partial charge in [0.05, 0.1) is 17.4 Å².